The van der Waals surface area contributed by atoms with Crippen molar-refractivity contribution in [2.45, 2.75) is 6.42 Å². The molecule has 4 nitrogen and oxygen atoms in total. The molecule has 146 valence electrons. The van der Waals surface area contributed by atoms with E-state index in [-0.39, 0.29) is 5.57 Å². The van der Waals surface area contributed by atoms with E-state index in [4.69, 9.17) is 11.6 Å². The fraction of sp³-hybridized carbons (Fsp3) is 0.0417. The molecule has 1 N–H and O–H groups in total. The molecule has 0 radical (unpaired) electrons. The lowest BCUT2D eigenvalue weighted by atomic mass is 10.0. The number of fused-ring (bicyclic) bond motifs is 1. The average Bonchev–Trinajstić information content (AvgIpc) is 3.18. The highest BCUT2D eigenvalue weighted by atomic mass is 35.5. The third-order valence-electron chi connectivity index (χ3n) is 4.53. The van der Waals surface area contributed by atoms with Crippen molar-refractivity contribution in [2.75, 3.05) is 5.32 Å². The minimum Gasteiger partial charge on any atom is -0.297 e. The third kappa shape index (κ3) is 4.57. The van der Waals surface area contributed by atoms with Gasteiger partial charge in [0.2, 0.25) is 0 Å². The van der Waals surface area contributed by atoms with Gasteiger partial charge in [0, 0.05) is 22.5 Å². The molecule has 0 atom stereocenters. The van der Waals surface area contributed by atoms with Crippen molar-refractivity contribution in [3.63, 3.8) is 0 Å². The first-order chi connectivity index (χ1) is 14.6. The van der Waals surface area contributed by atoms with Gasteiger partial charge in [0.05, 0.1) is 0 Å². The zero-order valence-corrected chi connectivity index (χ0v) is 17.4. The Balaban J connectivity index is 1.52. The molecule has 0 aliphatic heterocycles. The summed E-state index contributed by atoms with van der Waals surface area (Å²) in [5.74, 6) is -0.478. The summed E-state index contributed by atoms with van der Waals surface area (Å²) in [6, 6.07) is 23.3. The normalized spacial score (nSPS) is 11.3. The fourth-order valence-electron chi connectivity index (χ4n) is 3.14. The van der Waals surface area contributed by atoms with Crippen LogP contribution in [-0.2, 0) is 11.2 Å². The van der Waals surface area contributed by atoms with Gasteiger partial charge in [-0.3, -0.25) is 10.1 Å². The number of aromatic nitrogens is 1. The number of nitrogens with one attached hydrogen (secondary N) is 1. The molecule has 3 aromatic carbocycles. The Morgan fingerprint density at radius 1 is 1.13 bits per heavy atom. The number of nitriles is 1. The molecule has 0 saturated carbocycles. The van der Waals surface area contributed by atoms with Gasteiger partial charge in [-0.05, 0) is 40.1 Å². The largest absolute Gasteiger partial charge is 0.297 e. The molecule has 1 heterocycles. The Morgan fingerprint density at radius 2 is 1.93 bits per heavy atom. The molecular formula is C24H16ClN3OS. The molecule has 1 aromatic heterocycles. The Labute approximate surface area is 183 Å². The van der Waals surface area contributed by atoms with Gasteiger partial charge in [-0.25, -0.2) is 4.98 Å². The van der Waals surface area contributed by atoms with Gasteiger partial charge in [0.1, 0.15) is 11.6 Å². The van der Waals surface area contributed by atoms with Gasteiger partial charge in [-0.15, -0.1) is 11.3 Å². The van der Waals surface area contributed by atoms with Crippen LogP contribution in [0.2, 0.25) is 5.02 Å². The maximum Gasteiger partial charge on any atom is 0.268 e. The van der Waals surface area contributed by atoms with E-state index in [2.05, 4.69) is 10.3 Å². The van der Waals surface area contributed by atoms with Crippen LogP contribution < -0.4 is 5.32 Å². The lowest BCUT2D eigenvalue weighted by molar-refractivity contribution is -0.112. The van der Waals surface area contributed by atoms with E-state index in [0.29, 0.717) is 16.6 Å². The SMILES string of the molecule is N#CC(=Cc1cccc2ccccc12)C(=O)Nc1ncc(Cc2cccc(Cl)c2)s1. The van der Waals surface area contributed by atoms with E-state index in [9.17, 15) is 10.1 Å². The fourth-order valence-corrected chi connectivity index (χ4v) is 4.19. The third-order valence-corrected chi connectivity index (χ3v) is 5.68. The number of nitrogens with zero attached hydrogens (tertiary/aromatic N) is 2. The predicted molar refractivity (Wildman–Crippen MR) is 123 cm³/mol. The second-order valence-electron chi connectivity index (χ2n) is 6.63. The van der Waals surface area contributed by atoms with Crippen molar-refractivity contribution >= 4 is 50.8 Å². The topological polar surface area (TPSA) is 65.8 Å². The Kier molecular flexibility index (Phi) is 5.89. The number of amides is 1. The summed E-state index contributed by atoms with van der Waals surface area (Å²) in [7, 11) is 0. The first-order valence-corrected chi connectivity index (χ1v) is 10.4. The molecule has 0 bridgehead atoms. The average molecular weight is 430 g/mol. The molecule has 0 unspecified atom stereocenters. The van der Waals surface area contributed by atoms with Crippen LogP contribution in [0, 0.1) is 11.3 Å². The number of carbonyl (C=O) groups excluding carboxylic acids is 1. The van der Waals surface area contributed by atoms with E-state index in [1.807, 2.05) is 72.8 Å². The van der Waals surface area contributed by atoms with Gasteiger partial charge < -0.3 is 0 Å². The Bertz CT molecular complexity index is 1300. The molecule has 4 rings (SSSR count). The van der Waals surface area contributed by atoms with E-state index in [0.717, 1.165) is 26.8 Å². The van der Waals surface area contributed by atoms with Crippen LogP contribution in [0.1, 0.15) is 16.0 Å². The second kappa shape index (κ2) is 8.91. The lowest BCUT2D eigenvalue weighted by Crippen LogP contribution is -2.13. The number of carbonyl (C=O) groups is 1. The summed E-state index contributed by atoms with van der Waals surface area (Å²) in [4.78, 5) is 17.9. The van der Waals surface area contributed by atoms with Gasteiger partial charge in [0.25, 0.3) is 5.91 Å². The Morgan fingerprint density at radius 3 is 2.77 bits per heavy atom. The molecule has 0 aliphatic carbocycles. The van der Waals surface area contributed by atoms with Crippen molar-refractivity contribution in [1.82, 2.24) is 4.98 Å². The van der Waals surface area contributed by atoms with E-state index in [1.54, 1.807) is 12.3 Å². The summed E-state index contributed by atoms with van der Waals surface area (Å²) >= 11 is 7.41. The van der Waals surface area contributed by atoms with E-state index in [1.165, 1.54) is 11.3 Å². The summed E-state index contributed by atoms with van der Waals surface area (Å²) in [6.45, 7) is 0. The molecule has 0 saturated heterocycles. The monoisotopic (exact) mass is 429 g/mol. The zero-order valence-electron chi connectivity index (χ0n) is 15.8. The molecule has 0 spiro atoms. The highest BCUT2D eigenvalue weighted by Crippen LogP contribution is 2.24. The first kappa shape index (κ1) is 19.8. The number of anilines is 1. The van der Waals surface area contributed by atoms with Crippen LogP contribution in [0.3, 0.4) is 0 Å². The summed E-state index contributed by atoms with van der Waals surface area (Å²) in [6.07, 6.45) is 4.00. The maximum absolute atomic E-state index is 12.6. The molecule has 4 aromatic rings. The first-order valence-electron chi connectivity index (χ1n) is 9.22. The predicted octanol–water partition coefficient (Wildman–Crippen LogP) is 6.09. The van der Waals surface area contributed by atoms with E-state index >= 15 is 0 Å². The van der Waals surface area contributed by atoms with Crippen molar-refractivity contribution in [1.29, 1.82) is 5.26 Å². The quantitative estimate of drug-likeness (QED) is 0.308. The highest BCUT2D eigenvalue weighted by molar-refractivity contribution is 7.15. The summed E-state index contributed by atoms with van der Waals surface area (Å²) < 4.78 is 0. The highest BCUT2D eigenvalue weighted by Gasteiger charge is 2.13. The van der Waals surface area contributed by atoms with Gasteiger partial charge in [-0.2, -0.15) is 5.26 Å². The lowest BCUT2D eigenvalue weighted by Gasteiger charge is -2.04. The van der Waals surface area contributed by atoms with Crippen LogP contribution in [0.5, 0.6) is 0 Å². The molecule has 0 fully saturated rings. The van der Waals surface area contributed by atoms with Crippen LogP contribution in [0.15, 0.2) is 78.5 Å². The Hall–Kier alpha value is -3.46. The molecule has 6 heteroatoms. The van der Waals surface area contributed by atoms with Crippen molar-refractivity contribution in [3.8, 4) is 6.07 Å². The van der Waals surface area contributed by atoms with Crippen LogP contribution in [0.25, 0.3) is 16.8 Å². The molecule has 1 amide bonds. The number of hydrogen-bond acceptors (Lipinski definition) is 4. The number of thiazole rings is 1. The number of halogens is 1. The van der Waals surface area contributed by atoms with Crippen LogP contribution in [0.4, 0.5) is 5.13 Å². The van der Waals surface area contributed by atoms with Gasteiger partial charge >= 0.3 is 0 Å². The van der Waals surface area contributed by atoms with Gasteiger partial charge in [0.15, 0.2) is 5.13 Å². The van der Waals surface area contributed by atoms with Gasteiger partial charge in [-0.1, -0.05) is 66.2 Å². The molecular weight excluding hydrogens is 414 g/mol. The molecule has 0 aliphatic rings. The number of hydrogen-bond donors (Lipinski definition) is 1. The van der Waals surface area contributed by atoms with Crippen LogP contribution >= 0.6 is 22.9 Å². The van der Waals surface area contributed by atoms with Crippen molar-refractivity contribution in [3.05, 3.63) is 99.5 Å². The van der Waals surface area contributed by atoms with E-state index < -0.39 is 5.91 Å². The minimum absolute atomic E-state index is 0.0259. The molecule has 30 heavy (non-hydrogen) atoms. The van der Waals surface area contributed by atoms with Crippen molar-refractivity contribution < 1.29 is 4.79 Å². The smallest absolute Gasteiger partial charge is 0.268 e. The standard InChI is InChI=1S/C24H16ClN3OS/c25-20-9-3-5-16(11-20)12-21-15-27-24(30-21)28-23(29)19(14-26)13-18-8-4-7-17-6-1-2-10-22(17)18/h1-11,13,15H,12H2,(H,27,28,29). The number of rotatable bonds is 5. The summed E-state index contributed by atoms with van der Waals surface area (Å²) in [5, 5.41) is 15.4. The van der Waals surface area contributed by atoms with Crippen LogP contribution in [-0.4, -0.2) is 10.9 Å². The number of benzene rings is 3. The summed E-state index contributed by atoms with van der Waals surface area (Å²) in [5.41, 5.74) is 1.91. The van der Waals surface area contributed by atoms with Crippen molar-refractivity contribution in [2.24, 2.45) is 0 Å². The maximum atomic E-state index is 12.6. The second-order valence-corrected chi connectivity index (χ2v) is 8.18. The minimum atomic E-state index is -0.478. The zero-order chi connectivity index (χ0) is 20.9.